The average Bonchev–Trinajstić information content (AvgIpc) is 2.39. The molecule has 0 unspecified atom stereocenters. The number of nitrogens with zero attached hydrogens (tertiary/aromatic N) is 4. The van der Waals surface area contributed by atoms with E-state index in [0.29, 0.717) is 17.0 Å². The fourth-order valence-electron chi connectivity index (χ4n) is 1.72. The first kappa shape index (κ1) is 9.84. The average molecular weight is 222 g/mol. The second-order valence-electron chi connectivity index (χ2n) is 3.77. The van der Waals surface area contributed by atoms with E-state index in [4.69, 9.17) is 0 Å². The van der Waals surface area contributed by atoms with Crippen LogP contribution in [0.2, 0.25) is 0 Å². The van der Waals surface area contributed by atoms with E-state index in [-0.39, 0.29) is 0 Å². The Morgan fingerprint density at radius 2 is 1.76 bits per heavy atom. The van der Waals surface area contributed by atoms with Gasteiger partial charge in [-0.1, -0.05) is 24.3 Å². The predicted molar refractivity (Wildman–Crippen MR) is 65.3 cm³/mol. The minimum atomic E-state index is 0.626. The van der Waals surface area contributed by atoms with Gasteiger partial charge in [0.2, 0.25) is 0 Å². The molecule has 1 aromatic carbocycles. The quantitative estimate of drug-likeness (QED) is 0.634. The monoisotopic (exact) mass is 222 g/mol. The summed E-state index contributed by atoms with van der Waals surface area (Å²) < 4.78 is 0. The van der Waals surface area contributed by atoms with Crippen LogP contribution in [0.1, 0.15) is 5.56 Å². The summed E-state index contributed by atoms with van der Waals surface area (Å²) in [5.41, 5.74) is 3.52. The molecule has 3 rings (SSSR count). The molecule has 2 aromatic heterocycles. The van der Waals surface area contributed by atoms with Gasteiger partial charge in [-0.15, -0.1) is 0 Å². The molecule has 4 heteroatoms. The Bertz CT molecular complexity index is 679. The van der Waals surface area contributed by atoms with Gasteiger partial charge in [0, 0.05) is 18.0 Å². The number of aryl methyl sites for hydroxylation is 1. The molecule has 0 radical (unpaired) electrons. The summed E-state index contributed by atoms with van der Waals surface area (Å²) >= 11 is 0. The van der Waals surface area contributed by atoms with Crippen molar-refractivity contribution in [3.8, 4) is 11.4 Å². The second-order valence-corrected chi connectivity index (χ2v) is 3.77. The van der Waals surface area contributed by atoms with Crippen LogP contribution in [-0.4, -0.2) is 19.9 Å². The van der Waals surface area contributed by atoms with Gasteiger partial charge in [-0.25, -0.2) is 19.9 Å². The third-order valence-electron chi connectivity index (χ3n) is 2.61. The van der Waals surface area contributed by atoms with Crippen molar-refractivity contribution in [2.75, 3.05) is 0 Å². The van der Waals surface area contributed by atoms with Crippen molar-refractivity contribution in [3.63, 3.8) is 0 Å². The molecule has 2 heterocycles. The number of hydrogen-bond donors (Lipinski definition) is 0. The Hall–Kier alpha value is -2.36. The highest BCUT2D eigenvalue weighted by Crippen LogP contribution is 2.19. The normalized spacial score (nSPS) is 10.6. The van der Waals surface area contributed by atoms with Crippen molar-refractivity contribution in [2.24, 2.45) is 0 Å². The second kappa shape index (κ2) is 3.90. The third kappa shape index (κ3) is 1.73. The summed E-state index contributed by atoms with van der Waals surface area (Å²) in [5.74, 6) is 0.691. The Balaban J connectivity index is 2.22. The van der Waals surface area contributed by atoms with Crippen molar-refractivity contribution in [1.82, 2.24) is 19.9 Å². The van der Waals surface area contributed by atoms with Crippen molar-refractivity contribution >= 4 is 11.2 Å². The van der Waals surface area contributed by atoms with Crippen molar-refractivity contribution in [2.45, 2.75) is 6.92 Å². The molecule has 0 aliphatic rings. The molecule has 0 saturated carbocycles. The van der Waals surface area contributed by atoms with E-state index in [0.717, 1.165) is 11.1 Å². The van der Waals surface area contributed by atoms with E-state index < -0.39 is 0 Å². The number of aromatic nitrogens is 4. The van der Waals surface area contributed by atoms with Crippen molar-refractivity contribution < 1.29 is 0 Å². The molecular formula is C13H10N4. The van der Waals surface area contributed by atoms with Gasteiger partial charge in [-0.05, 0) is 12.5 Å². The molecule has 0 fully saturated rings. The van der Waals surface area contributed by atoms with Crippen LogP contribution in [-0.2, 0) is 0 Å². The van der Waals surface area contributed by atoms with Crippen LogP contribution in [0.4, 0.5) is 0 Å². The molecular weight excluding hydrogens is 212 g/mol. The summed E-state index contributed by atoms with van der Waals surface area (Å²) in [6.45, 7) is 2.04. The highest BCUT2D eigenvalue weighted by molar-refractivity contribution is 5.71. The van der Waals surface area contributed by atoms with Gasteiger partial charge in [-0.3, -0.25) is 0 Å². The first-order chi connectivity index (χ1) is 8.34. The SMILES string of the molecule is Cc1ccccc1-c1ncc2nccnc2n1. The van der Waals surface area contributed by atoms with Gasteiger partial charge >= 0.3 is 0 Å². The highest BCUT2D eigenvalue weighted by atomic mass is 15.0. The van der Waals surface area contributed by atoms with Crippen LogP contribution in [0, 0.1) is 6.92 Å². The van der Waals surface area contributed by atoms with Gasteiger partial charge in [0.15, 0.2) is 11.5 Å². The van der Waals surface area contributed by atoms with Crippen LogP contribution >= 0.6 is 0 Å². The Morgan fingerprint density at radius 3 is 2.65 bits per heavy atom. The van der Waals surface area contributed by atoms with Crippen LogP contribution in [0.3, 0.4) is 0 Å². The van der Waals surface area contributed by atoms with Crippen molar-refractivity contribution in [3.05, 3.63) is 48.4 Å². The molecule has 0 N–H and O–H groups in total. The first-order valence-corrected chi connectivity index (χ1v) is 5.34. The number of fused-ring (bicyclic) bond motifs is 1. The molecule has 82 valence electrons. The van der Waals surface area contributed by atoms with E-state index in [1.807, 2.05) is 31.2 Å². The topological polar surface area (TPSA) is 51.6 Å². The summed E-state index contributed by atoms with van der Waals surface area (Å²) in [4.78, 5) is 17.1. The van der Waals surface area contributed by atoms with E-state index in [1.54, 1.807) is 18.6 Å². The maximum Gasteiger partial charge on any atom is 0.181 e. The Morgan fingerprint density at radius 1 is 0.941 bits per heavy atom. The van der Waals surface area contributed by atoms with Crippen molar-refractivity contribution in [1.29, 1.82) is 0 Å². The molecule has 0 aliphatic heterocycles. The van der Waals surface area contributed by atoms with Crippen LogP contribution in [0.5, 0.6) is 0 Å². The standard InChI is InChI=1S/C13H10N4/c1-9-4-2-3-5-10(9)12-16-8-11-13(17-12)15-7-6-14-11/h2-8H,1H3. The zero-order chi connectivity index (χ0) is 11.7. The molecule has 17 heavy (non-hydrogen) atoms. The zero-order valence-electron chi connectivity index (χ0n) is 9.33. The number of benzene rings is 1. The highest BCUT2D eigenvalue weighted by Gasteiger charge is 2.06. The lowest BCUT2D eigenvalue weighted by molar-refractivity contribution is 1.15. The molecule has 0 amide bonds. The van der Waals surface area contributed by atoms with E-state index in [1.165, 1.54) is 0 Å². The van der Waals surface area contributed by atoms with Gasteiger partial charge in [-0.2, -0.15) is 0 Å². The van der Waals surface area contributed by atoms with Gasteiger partial charge < -0.3 is 0 Å². The lowest BCUT2D eigenvalue weighted by Crippen LogP contribution is -1.94. The maximum atomic E-state index is 4.42. The molecule has 0 spiro atoms. The van der Waals surface area contributed by atoms with Gasteiger partial charge in [0.25, 0.3) is 0 Å². The fourth-order valence-corrected chi connectivity index (χ4v) is 1.72. The van der Waals surface area contributed by atoms with Crippen LogP contribution in [0.15, 0.2) is 42.9 Å². The largest absolute Gasteiger partial charge is 0.250 e. The number of rotatable bonds is 1. The zero-order valence-corrected chi connectivity index (χ0v) is 9.33. The minimum Gasteiger partial charge on any atom is -0.250 e. The summed E-state index contributed by atoms with van der Waals surface area (Å²) in [5, 5.41) is 0. The van der Waals surface area contributed by atoms with Gasteiger partial charge in [0.05, 0.1) is 6.20 Å². The minimum absolute atomic E-state index is 0.626. The van der Waals surface area contributed by atoms with E-state index in [2.05, 4.69) is 19.9 Å². The van der Waals surface area contributed by atoms with Gasteiger partial charge in [0.1, 0.15) is 5.52 Å². The van der Waals surface area contributed by atoms with E-state index >= 15 is 0 Å². The van der Waals surface area contributed by atoms with Crippen LogP contribution in [0.25, 0.3) is 22.6 Å². The summed E-state index contributed by atoms with van der Waals surface area (Å²) in [6.07, 6.45) is 4.98. The third-order valence-corrected chi connectivity index (χ3v) is 2.61. The van der Waals surface area contributed by atoms with Crippen LogP contribution < -0.4 is 0 Å². The molecule has 0 saturated heterocycles. The lowest BCUT2D eigenvalue weighted by atomic mass is 10.1. The molecule has 3 aromatic rings. The molecule has 0 bridgehead atoms. The van der Waals surface area contributed by atoms with E-state index in [9.17, 15) is 0 Å². The smallest absolute Gasteiger partial charge is 0.181 e. The molecule has 0 aliphatic carbocycles. The molecule has 4 nitrogen and oxygen atoms in total. The first-order valence-electron chi connectivity index (χ1n) is 5.34. The number of hydrogen-bond acceptors (Lipinski definition) is 4. The predicted octanol–water partition coefficient (Wildman–Crippen LogP) is 2.40. The summed E-state index contributed by atoms with van der Waals surface area (Å²) in [7, 11) is 0. The Kier molecular flexibility index (Phi) is 2.26. The molecule has 0 atom stereocenters. The fraction of sp³-hybridized carbons (Fsp3) is 0.0769. The maximum absolute atomic E-state index is 4.42. The Labute approximate surface area is 98.4 Å². The summed E-state index contributed by atoms with van der Waals surface area (Å²) in [6, 6.07) is 8.03. The lowest BCUT2D eigenvalue weighted by Gasteiger charge is -2.03.